The van der Waals surface area contributed by atoms with Crippen molar-refractivity contribution in [1.29, 1.82) is 0 Å². The Labute approximate surface area is 141 Å². The Morgan fingerprint density at radius 1 is 1.36 bits per heavy atom. The van der Waals surface area contributed by atoms with Gasteiger partial charge < -0.3 is 16.4 Å². The molecular formula is C14H25ClN4O2S. The van der Waals surface area contributed by atoms with Crippen molar-refractivity contribution in [2.45, 2.75) is 46.1 Å². The lowest BCUT2D eigenvalue weighted by molar-refractivity contribution is -0.125. The molecule has 8 heteroatoms. The van der Waals surface area contributed by atoms with E-state index < -0.39 is 6.04 Å². The molecule has 1 atom stereocenters. The lowest BCUT2D eigenvalue weighted by Crippen LogP contribution is -2.46. The maximum absolute atomic E-state index is 11.8. The van der Waals surface area contributed by atoms with Crippen LogP contribution in [0.5, 0.6) is 0 Å². The summed E-state index contributed by atoms with van der Waals surface area (Å²) in [6, 6.07) is -0.606. The van der Waals surface area contributed by atoms with E-state index in [0.29, 0.717) is 5.13 Å². The van der Waals surface area contributed by atoms with Gasteiger partial charge in [-0.1, -0.05) is 34.6 Å². The van der Waals surface area contributed by atoms with Gasteiger partial charge in [0, 0.05) is 11.1 Å². The number of nitrogens with zero attached hydrogens (tertiary/aromatic N) is 1. The molecule has 0 aliphatic carbocycles. The normalized spacial score (nSPS) is 12.5. The average Bonchev–Trinajstić information content (AvgIpc) is 2.83. The third-order valence-corrected chi connectivity index (χ3v) is 4.27. The van der Waals surface area contributed by atoms with Crippen LogP contribution in [0, 0.1) is 5.92 Å². The van der Waals surface area contributed by atoms with Crippen LogP contribution in [0.3, 0.4) is 0 Å². The van der Waals surface area contributed by atoms with Crippen LogP contribution in [0.4, 0.5) is 5.13 Å². The number of amides is 2. The Kier molecular flexibility index (Phi) is 8.00. The predicted octanol–water partition coefficient (Wildman–Crippen LogP) is 1.90. The molecule has 0 aliphatic heterocycles. The second-order valence-corrected chi connectivity index (χ2v) is 7.35. The summed E-state index contributed by atoms with van der Waals surface area (Å²) < 4.78 is 0. The molecule has 0 fully saturated rings. The van der Waals surface area contributed by atoms with Crippen molar-refractivity contribution in [3.8, 4) is 0 Å². The number of carbonyl (C=O) groups is 2. The van der Waals surface area contributed by atoms with Crippen LogP contribution < -0.4 is 16.4 Å². The molecule has 1 aromatic heterocycles. The highest BCUT2D eigenvalue weighted by Crippen LogP contribution is 2.29. The molecule has 4 N–H and O–H groups in total. The maximum Gasteiger partial charge on any atom is 0.245 e. The van der Waals surface area contributed by atoms with Crippen LogP contribution in [-0.2, 0) is 15.0 Å². The number of hydrogen-bond acceptors (Lipinski definition) is 5. The maximum atomic E-state index is 11.8. The number of carbonyl (C=O) groups excluding carboxylic acids is 2. The number of halogens is 1. The van der Waals surface area contributed by atoms with Crippen molar-refractivity contribution in [1.82, 2.24) is 10.3 Å². The van der Waals surface area contributed by atoms with Gasteiger partial charge in [0.25, 0.3) is 0 Å². The Balaban J connectivity index is 0.00000441. The van der Waals surface area contributed by atoms with Gasteiger partial charge in [0.1, 0.15) is 0 Å². The fourth-order valence-electron chi connectivity index (χ4n) is 1.43. The first kappa shape index (κ1) is 20.8. The van der Waals surface area contributed by atoms with E-state index in [1.807, 2.05) is 13.8 Å². The van der Waals surface area contributed by atoms with E-state index in [0.717, 1.165) is 4.88 Å². The Bertz CT molecular complexity index is 511. The van der Waals surface area contributed by atoms with Crippen LogP contribution in [0.15, 0.2) is 6.20 Å². The molecule has 6 nitrogen and oxygen atoms in total. The summed E-state index contributed by atoms with van der Waals surface area (Å²) in [6.07, 6.45) is 1.76. The topological polar surface area (TPSA) is 97.1 Å². The lowest BCUT2D eigenvalue weighted by atomic mass is 9.96. The lowest BCUT2D eigenvalue weighted by Gasteiger charge is -2.15. The summed E-state index contributed by atoms with van der Waals surface area (Å²) >= 11 is 1.43. The fourth-order valence-corrected chi connectivity index (χ4v) is 2.32. The van der Waals surface area contributed by atoms with Gasteiger partial charge in [0.15, 0.2) is 5.13 Å². The quantitative estimate of drug-likeness (QED) is 0.757. The molecule has 22 heavy (non-hydrogen) atoms. The van der Waals surface area contributed by atoms with E-state index in [-0.39, 0.29) is 42.1 Å². The molecular weight excluding hydrogens is 324 g/mol. The molecule has 1 rings (SSSR count). The van der Waals surface area contributed by atoms with Gasteiger partial charge in [-0.2, -0.15) is 0 Å². The minimum atomic E-state index is -0.606. The Morgan fingerprint density at radius 3 is 2.41 bits per heavy atom. The average molecular weight is 349 g/mol. The number of nitrogens with one attached hydrogen (secondary N) is 2. The number of hydrogen-bond donors (Lipinski definition) is 3. The van der Waals surface area contributed by atoms with E-state index in [9.17, 15) is 9.59 Å². The smallest absolute Gasteiger partial charge is 0.245 e. The van der Waals surface area contributed by atoms with E-state index in [2.05, 4.69) is 36.4 Å². The van der Waals surface area contributed by atoms with E-state index >= 15 is 0 Å². The van der Waals surface area contributed by atoms with E-state index in [4.69, 9.17) is 5.73 Å². The molecule has 0 saturated carbocycles. The van der Waals surface area contributed by atoms with Gasteiger partial charge in [-0.05, 0) is 11.3 Å². The van der Waals surface area contributed by atoms with E-state index in [1.165, 1.54) is 11.3 Å². The SMILES string of the molecule is CC(C)[C@H](N)C(=O)NCC(=O)Nc1ncc(C(C)(C)C)s1.Cl. The zero-order valence-corrected chi connectivity index (χ0v) is 15.2. The molecule has 0 aliphatic rings. The monoisotopic (exact) mass is 348 g/mol. The van der Waals surface area contributed by atoms with Crippen LogP contribution in [0.25, 0.3) is 0 Å². The summed E-state index contributed by atoms with van der Waals surface area (Å²) in [4.78, 5) is 28.7. The summed E-state index contributed by atoms with van der Waals surface area (Å²) in [7, 11) is 0. The van der Waals surface area contributed by atoms with Gasteiger partial charge in [-0.15, -0.1) is 23.7 Å². The molecule has 0 radical (unpaired) electrons. The first-order valence-corrected chi connectivity index (χ1v) is 7.72. The number of anilines is 1. The van der Waals surface area contributed by atoms with Crippen molar-refractivity contribution in [2.24, 2.45) is 11.7 Å². The number of nitrogens with two attached hydrogens (primary N) is 1. The van der Waals surface area contributed by atoms with Crippen molar-refractivity contribution in [3.05, 3.63) is 11.1 Å². The molecule has 0 unspecified atom stereocenters. The highest BCUT2D eigenvalue weighted by molar-refractivity contribution is 7.15. The van der Waals surface area contributed by atoms with Crippen LogP contribution in [0.2, 0.25) is 0 Å². The summed E-state index contributed by atoms with van der Waals surface area (Å²) in [5, 5.41) is 5.73. The van der Waals surface area contributed by atoms with Gasteiger partial charge >= 0.3 is 0 Å². The zero-order chi connectivity index (χ0) is 16.2. The Hall–Kier alpha value is -1.18. The number of rotatable bonds is 5. The largest absolute Gasteiger partial charge is 0.346 e. The predicted molar refractivity (Wildman–Crippen MR) is 92.5 cm³/mol. The number of aromatic nitrogens is 1. The zero-order valence-electron chi connectivity index (χ0n) is 13.6. The van der Waals surface area contributed by atoms with Crippen molar-refractivity contribution < 1.29 is 9.59 Å². The first-order chi connectivity index (χ1) is 9.61. The molecule has 0 bridgehead atoms. The third-order valence-electron chi connectivity index (χ3n) is 2.94. The molecule has 0 aromatic carbocycles. The van der Waals surface area contributed by atoms with Crippen molar-refractivity contribution in [2.75, 3.05) is 11.9 Å². The molecule has 1 aromatic rings. The van der Waals surface area contributed by atoms with Gasteiger partial charge in [-0.3, -0.25) is 9.59 Å². The molecule has 0 spiro atoms. The standard InChI is InChI=1S/C14H24N4O2S.ClH/c1-8(2)11(15)12(20)16-7-10(19)18-13-17-6-9(21-13)14(3,4)5;/h6,8,11H,7,15H2,1-5H3,(H,16,20)(H,17,18,19);1H/t11-;/m0./s1. The highest BCUT2D eigenvalue weighted by Gasteiger charge is 2.19. The fraction of sp³-hybridized carbons (Fsp3) is 0.643. The minimum Gasteiger partial charge on any atom is -0.346 e. The minimum absolute atomic E-state index is 0. The second kappa shape index (κ2) is 8.45. The first-order valence-electron chi connectivity index (χ1n) is 6.90. The molecule has 126 valence electrons. The third kappa shape index (κ3) is 6.29. The van der Waals surface area contributed by atoms with Crippen molar-refractivity contribution >= 4 is 40.7 Å². The summed E-state index contributed by atoms with van der Waals surface area (Å²) in [6.45, 7) is 9.85. The highest BCUT2D eigenvalue weighted by atomic mass is 35.5. The number of thiazole rings is 1. The Morgan fingerprint density at radius 2 is 1.95 bits per heavy atom. The summed E-state index contributed by atoms with van der Waals surface area (Å²) in [5.41, 5.74) is 5.69. The second-order valence-electron chi connectivity index (χ2n) is 6.32. The molecule has 0 saturated heterocycles. The van der Waals surface area contributed by atoms with Gasteiger partial charge in [-0.25, -0.2) is 4.98 Å². The van der Waals surface area contributed by atoms with Gasteiger partial charge in [0.2, 0.25) is 11.8 Å². The van der Waals surface area contributed by atoms with Crippen molar-refractivity contribution in [3.63, 3.8) is 0 Å². The molecule has 1 heterocycles. The molecule has 2 amide bonds. The van der Waals surface area contributed by atoms with Crippen LogP contribution >= 0.6 is 23.7 Å². The van der Waals surface area contributed by atoms with Crippen LogP contribution in [-0.4, -0.2) is 29.4 Å². The summed E-state index contributed by atoms with van der Waals surface area (Å²) in [5.74, 6) is -0.606. The van der Waals surface area contributed by atoms with Crippen LogP contribution in [0.1, 0.15) is 39.5 Å². The van der Waals surface area contributed by atoms with Gasteiger partial charge in [0.05, 0.1) is 12.6 Å². The van der Waals surface area contributed by atoms with E-state index in [1.54, 1.807) is 6.20 Å².